The predicted molar refractivity (Wildman–Crippen MR) is 63.1 cm³/mol. The summed E-state index contributed by atoms with van der Waals surface area (Å²) in [6.07, 6.45) is 4.63. The van der Waals surface area contributed by atoms with Crippen LogP contribution in [0.15, 0.2) is 18.2 Å². The lowest BCUT2D eigenvalue weighted by atomic mass is 9.83. The highest BCUT2D eigenvalue weighted by molar-refractivity contribution is 6.31. The molecule has 0 saturated heterocycles. The summed E-state index contributed by atoms with van der Waals surface area (Å²) < 4.78 is 12.9. The van der Waals surface area contributed by atoms with Crippen molar-refractivity contribution < 1.29 is 9.50 Å². The summed E-state index contributed by atoms with van der Waals surface area (Å²) in [6.45, 7) is 0. The topological polar surface area (TPSA) is 20.2 Å². The molecule has 1 fully saturated rings. The molecular weight excluding hydrogens is 227 g/mol. The second-order valence-corrected chi connectivity index (χ2v) is 5.03. The highest BCUT2D eigenvalue weighted by atomic mass is 35.5. The van der Waals surface area contributed by atoms with Crippen LogP contribution < -0.4 is 0 Å². The minimum Gasteiger partial charge on any atom is -0.393 e. The van der Waals surface area contributed by atoms with Crippen LogP contribution in [0.25, 0.3) is 0 Å². The smallest absolute Gasteiger partial charge is 0.124 e. The van der Waals surface area contributed by atoms with Gasteiger partial charge in [-0.2, -0.15) is 0 Å². The lowest BCUT2D eigenvalue weighted by Gasteiger charge is -2.26. The van der Waals surface area contributed by atoms with Gasteiger partial charge < -0.3 is 5.11 Å². The first-order valence-electron chi connectivity index (χ1n) is 5.77. The number of hydrogen-bond acceptors (Lipinski definition) is 1. The van der Waals surface area contributed by atoms with E-state index < -0.39 is 0 Å². The molecule has 0 amide bonds. The first-order chi connectivity index (χ1) is 7.65. The van der Waals surface area contributed by atoms with Crippen molar-refractivity contribution in [2.75, 3.05) is 0 Å². The fourth-order valence-corrected chi connectivity index (χ4v) is 2.69. The van der Waals surface area contributed by atoms with Gasteiger partial charge in [0.15, 0.2) is 0 Å². The standard InChI is InChI=1S/C13H16ClFO/c14-13-8-11(15)5-4-10(13)6-9-2-1-3-12(16)7-9/h4-5,8-9,12,16H,1-3,6-7H2. The van der Waals surface area contributed by atoms with E-state index in [9.17, 15) is 9.50 Å². The predicted octanol–water partition coefficient (Wildman–Crippen LogP) is 3.57. The molecule has 0 spiro atoms. The Morgan fingerprint density at radius 2 is 2.19 bits per heavy atom. The van der Waals surface area contributed by atoms with E-state index in [0.717, 1.165) is 37.7 Å². The average molecular weight is 243 g/mol. The van der Waals surface area contributed by atoms with Gasteiger partial charge in [0.2, 0.25) is 0 Å². The number of rotatable bonds is 2. The van der Waals surface area contributed by atoms with Gasteiger partial charge in [0.1, 0.15) is 5.82 Å². The molecule has 1 aromatic carbocycles. The molecule has 1 nitrogen and oxygen atoms in total. The van der Waals surface area contributed by atoms with Gasteiger partial charge in [0.25, 0.3) is 0 Å². The SMILES string of the molecule is OC1CCCC(Cc2ccc(F)cc2Cl)C1. The third-order valence-electron chi connectivity index (χ3n) is 3.28. The number of halogens is 2. The van der Waals surface area contributed by atoms with Crippen molar-refractivity contribution in [2.24, 2.45) is 5.92 Å². The van der Waals surface area contributed by atoms with E-state index in [4.69, 9.17) is 11.6 Å². The maximum absolute atomic E-state index is 12.9. The Kier molecular flexibility index (Phi) is 3.82. The van der Waals surface area contributed by atoms with Gasteiger partial charge >= 0.3 is 0 Å². The van der Waals surface area contributed by atoms with Crippen molar-refractivity contribution in [3.8, 4) is 0 Å². The Morgan fingerprint density at radius 3 is 2.88 bits per heavy atom. The molecule has 1 aliphatic rings. The highest BCUT2D eigenvalue weighted by Gasteiger charge is 2.21. The molecule has 1 aromatic rings. The lowest BCUT2D eigenvalue weighted by Crippen LogP contribution is -2.21. The lowest BCUT2D eigenvalue weighted by molar-refractivity contribution is 0.101. The fourth-order valence-electron chi connectivity index (χ4n) is 2.45. The van der Waals surface area contributed by atoms with E-state index >= 15 is 0 Å². The number of hydrogen-bond donors (Lipinski definition) is 1. The Hall–Kier alpha value is -0.600. The number of aliphatic hydroxyl groups excluding tert-OH is 1. The van der Waals surface area contributed by atoms with Crippen LogP contribution in [0.2, 0.25) is 5.02 Å². The molecule has 16 heavy (non-hydrogen) atoms. The largest absolute Gasteiger partial charge is 0.393 e. The second kappa shape index (κ2) is 5.15. The first kappa shape index (κ1) is 11.9. The van der Waals surface area contributed by atoms with Gasteiger partial charge in [-0.1, -0.05) is 24.1 Å². The molecule has 3 heteroatoms. The van der Waals surface area contributed by atoms with Crippen molar-refractivity contribution in [3.63, 3.8) is 0 Å². The van der Waals surface area contributed by atoms with E-state index in [-0.39, 0.29) is 11.9 Å². The number of aliphatic hydroxyl groups is 1. The summed E-state index contributed by atoms with van der Waals surface area (Å²) in [5.74, 6) is 0.184. The molecule has 2 atom stereocenters. The van der Waals surface area contributed by atoms with E-state index in [2.05, 4.69) is 0 Å². The van der Waals surface area contributed by atoms with Crippen LogP contribution in [0, 0.1) is 11.7 Å². The van der Waals surface area contributed by atoms with Gasteiger partial charge in [0, 0.05) is 5.02 Å². The zero-order valence-corrected chi connectivity index (χ0v) is 9.88. The van der Waals surface area contributed by atoms with Crippen molar-refractivity contribution >= 4 is 11.6 Å². The maximum atomic E-state index is 12.9. The monoisotopic (exact) mass is 242 g/mol. The third kappa shape index (κ3) is 2.96. The normalized spacial score (nSPS) is 25.7. The molecule has 0 bridgehead atoms. The number of benzene rings is 1. The van der Waals surface area contributed by atoms with Crippen LogP contribution in [-0.2, 0) is 6.42 Å². The molecule has 0 aliphatic heterocycles. The van der Waals surface area contributed by atoms with Gasteiger partial charge in [-0.3, -0.25) is 0 Å². The molecule has 1 N–H and O–H groups in total. The van der Waals surface area contributed by atoms with Crippen LogP contribution in [-0.4, -0.2) is 11.2 Å². The summed E-state index contributed by atoms with van der Waals surface area (Å²) in [5.41, 5.74) is 0.988. The van der Waals surface area contributed by atoms with Crippen LogP contribution >= 0.6 is 11.6 Å². The molecule has 88 valence electrons. The molecule has 1 saturated carbocycles. The Bertz CT molecular complexity index is 367. The maximum Gasteiger partial charge on any atom is 0.124 e. The molecule has 2 rings (SSSR count). The van der Waals surface area contributed by atoms with E-state index in [1.807, 2.05) is 0 Å². The molecule has 1 aliphatic carbocycles. The van der Waals surface area contributed by atoms with E-state index in [1.54, 1.807) is 6.07 Å². The molecule has 0 radical (unpaired) electrons. The zero-order chi connectivity index (χ0) is 11.5. The van der Waals surface area contributed by atoms with Gasteiger partial charge in [-0.25, -0.2) is 4.39 Å². The van der Waals surface area contributed by atoms with Crippen LogP contribution in [0.3, 0.4) is 0 Å². The first-order valence-corrected chi connectivity index (χ1v) is 6.15. The average Bonchev–Trinajstić information content (AvgIpc) is 2.22. The Labute approximate surface area is 100 Å². The molecular formula is C13H16ClFO. The summed E-state index contributed by atoms with van der Waals surface area (Å²) in [4.78, 5) is 0. The fraction of sp³-hybridized carbons (Fsp3) is 0.538. The quantitative estimate of drug-likeness (QED) is 0.841. The van der Waals surface area contributed by atoms with Gasteiger partial charge in [0.05, 0.1) is 6.10 Å². The highest BCUT2D eigenvalue weighted by Crippen LogP contribution is 2.29. The summed E-state index contributed by atoms with van der Waals surface area (Å²) in [5, 5.41) is 10.1. The third-order valence-corrected chi connectivity index (χ3v) is 3.63. The van der Waals surface area contributed by atoms with E-state index in [0.29, 0.717) is 10.9 Å². The minimum absolute atomic E-state index is 0.169. The second-order valence-electron chi connectivity index (χ2n) is 4.63. The minimum atomic E-state index is -0.294. The summed E-state index contributed by atoms with van der Waals surface area (Å²) >= 11 is 5.98. The van der Waals surface area contributed by atoms with Crippen molar-refractivity contribution in [3.05, 3.63) is 34.6 Å². The van der Waals surface area contributed by atoms with Crippen molar-refractivity contribution in [1.29, 1.82) is 0 Å². The summed E-state index contributed by atoms with van der Waals surface area (Å²) in [7, 11) is 0. The van der Waals surface area contributed by atoms with Gasteiger partial charge in [-0.05, 0) is 49.3 Å². The van der Waals surface area contributed by atoms with Crippen LogP contribution in [0.4, 0.5) is 4.39 Å². The Morgan fingerprint density at radius 1 is 1.38 bits per heavy atom. The van der Waals surface area contributed by atoms with Crippen LogP contribution in [0.1, 0.15) is 31.2 Å². The molecule has 2 unspecified atom stereocenters. The van der Waals surface area contributed by atoms with Crippen molar-refractivity contribution in [2.45, 2.75) is 38.2 Å². The van der Waals surface area contributed by atoms with E-state index in [1.165, 1.54) is 12.1 Å². The van der Waals surface area contributed by atoms with Crippen molar-refractivity contribution in [1.82, 2.24) is 0 Å². The zero-order valence-electron chi connectivity index (χ0n) is 9.13. The summed E-state index contributed by atoms with van der Waals surface area (Å²) in [6, 6.07) is 4.55. The molecule has 0 heterocycles. The Balaban J connectivity index is 2.02. The molecule has 0 aromatic heterocycles. The van der Waals surface area contributed by atoms with Crippen LogP contribution in [0.5, 0.6) is 0 Å². The van der Waals surface area contributed by atoms with Gasteiger partial charge in [-0.15, -0.1) is 0 Å².